The number of anilines is 4. The molecule has 3 fully saturated rings. The molecule has 0 bridgehead atoms. The minimum atomic E-state index is -0.635. The zero-order valence-electron chi connectivity index (χ0n) is 37.1. The number of methoxy groups -OCH3 is 1. The summed E-state index contributed by atoms with van der Waals surface area (Å²) in [5.74, 6) is -0.578. The molecule has 1 atom stereocenters. The number of imide groups is 1. The van der Waals surface area contributed by atoms with E-state index in [9.17, 15) is 28.4 Å². The smallest absolute Gasteiger partial charge is 0.255 e. The van der Waals surface area contributed by atoms with Gasteiger partial charge < -0.3 is 30.5 Å². The monoisotopic (exact) mass is 922 g/mol. The maximum absolute atomic E-state index is 13.7. The predicted octanol–water partition coefficient (Wildman–Crippen LogP) is 6.10. The van der Waals surface area contributed by atoms with Gasteiger partial charge in [-0.05, 0) is 81.6 Å². The Morgan fingerprint density at radius 3 is 2.52 bits per heavy atom. The molecule has 5 heterocycles. The molecular formula is C48H56ClFN10O6. The Hall–Kier alpha value is -6.17. The second-order valence-electron chi connectivity index (χ2n) is 17.2. The number of rotatable bonds is 17. The summed E-state index contributed by atoms with van der Waals surface area (Å²) >= 11 is 5.97. The number of unbranched alkanes of at least 4 members (excludes halogenated alkanes) is 3. The fraction of sp³-hybridized carbons (Fsp3) is 0.438. The number of likely N-dealkylation sites (tertiary alicyclic amines) is 1. The van der Waals surface area contributed by atoms with Crippen molar-refractivity contribution in [2.24, 2.45) is 0 Å². The molecule has 0 spiro atoms. The Morgan fingerprint density at radius 1 is 0.939 bits per heavy atom. The van der Waals surface area contributed by atoms with Crippen LogP contribution in [0.15, 0.2) is 67.0 Å². The van der Waals surface area contributed by atoms with Gasteiger partial charge in [0.2, 0.25) is 23.6 Å². The Kier molecular flexibility index (Phi) is 15.0. The lowest BCUT2D eigenvalue weighted by atomic mass is 10.0. The number of piperazine rings is 1. The van der Waals surface area contributed by atoms with Gasteiger partial charge in [-0.15, -0.1) is 0 Å². The third-order valence-electron chi connectivity index (χ3n) is 13.0. The predicted molar refractivity (Wildman–Crippen MR) is 250 cm³/mol. The minimum Gasteiger partial charge on any atom is -0.494 e. The number of carbonyl (C=O) groups is 5. The molecule has 3 aromatic carbocycles. The van der Waals surface area contributed by atoms with Crippen molar-refractivity contribution in [3.8, 4) is 5.75 Å². The van der Waals surface area contributed by atoms with Crippen molar-refractivity contribution in [2.45, 2.75) is 76.4 Å². The Bertz CT molecular complexity index is 2490. The average molecular weight is 923 g/mol. The largest absolute Gasteiger partial charge is 0.494 e. The van der Waals surface area contributed by atoms with Crippen LogP contribution in [0.4, 0.5) is 27.3 Å². The lowest BCUT2D eigenvalue weighted by molar-refractivity contribution is -0.137. The molecule has 18 heteroatoms. The molecule has 8 rings (SSSR count). The van der Waals surface area contributed by atoms with Crippen LogP contribution in [0.25, 0.3) is 10.9 Å². The number of hydrogen-bond acceptors (Lipinski definition) is 12. The van der Waals surface area contributed by atoms with Gasteiger partial charge in [0.05, 0.1) is 23.3 Å². The van der Waals surface area contributed by atoms with E-state index in [1.807, 2.05) is 23.1 Å². The van der Waals surface area contributed by atoms with Crippen molar-refractivity contribution in [1.29, 1.82) is 0 Å². The molecule has 5 amide bonds. The molecule has 4 aromatic rings. The van der Waals surface area contributed by atoms with Crippen molar-refractivity contribution in [2.75, 3.05) is 75.4 Å². The summed E-state index contributed by atoms with van der Waals surface area (Å²) < 4.78 is 19.3. The lowest BCUT2D eigenvalue weighted by Gasteiger charge is -2.42. The summed E-state index contributed by atoms with van der Waals surface area (Å²) in [6.07, 6.45) is 11.7. The first-order valence-electron chi connectivity index (χ1n) is 22.8. The molecule has 348 valence electrons. The molecule has 4 aliphatic rings. The van der Waals surface area contributed by atoms with Gasteiger partial charge in [-0.2, -0.15) is 0 Å². The van der Waals surface area contributed by atoms with E-state index in [-0.39, 0.29) is 35.1 Å². The highest BCUT2D eigenvalue weighted by molar-refractivity contribution is 6.31. The summed E-state index contributed by atoms with van der Waals surface area (Å²) in [5.41, 5.74) is 3.97. The van der Waals surface area contributed by atoms with Crippen molar-refractivity contribution < 1.29 is 33.1 Å². The quantitative estimate of drug-likeness (QED) is 0.0544. The maximum Gasteiger partial charge on any atom is 0.255 e. The van der Waals surface area contributed by atoms with Gasteiger partial charge in [-0.25, -0.2) is 14.4 Å². The van der Waals surface area contributed by atoms with E-state index in [0.717, 1.165) is 95.6 Å². The van der Waals surface area contributed by atoms with E-state index in [4.69, 9.17) is 16.3 Å². The fourth-order valence-electron chi connectivity index (χ4n) is 9.33. The van der Waals surface area contributed by atoms with Crippen LogP contribution in [0.2, 0.25) is 5.02 Å². The topological polar surface area (TPSA) is 181 Å². The molecule has 16 nitrogen and oxygen atoms in total. The molecule has 4 aliphatic heterocycles. The highest BCUT2D eigenvalue weighted by Crippen LogP contribution is 2.35. The number of carbonyl (C=O) groups excluding carboxylic acids is 5. The van der Waals surface area contributed by atoms with Crippen LogP contribution in [0.5, 0.6) is 5.75 Å². The number of nitrogens with zero attached hydrogens (tertiary/aromatic N) is 6. The first-order valence-corrected chi connectivity index (χ1v) is 23.2. The highest BCUT2D eigenvalue weighted by atomic mass is 35.5. The maximum atomic E-state index is 13.7. The standard InChI is InChI=1S/C48H56ClFN10O6/c1-66-42-28-39-34(46(53-30-52-39)54-31-12-13-37(50)36(49)26-31)27-40(42)55-43(61)10-7-19-57-20-16-32(17-21-57)58-22-24-59(25-23-58)45(63)11-4-2-3-5-18-51-38-9-6-8-33-35(38)29-60(48(33)65)41-14-15-44(62)56-47(41)64/h6-10,12-13,26-28,30,32,41,51H,2-5,11,14-25,29H2,1H3,(H,55,61)(H,52,53,54)(H,56,62,64)/b10-7+. The van der Waals surface area contributed by atoms with Gasteiger partial charge in [0.1, 0.15) is 29.8 Å². The molecule has 0 radical (unpaired) electrons. The van der Waals surface area contributed by atoms with Crippen LogP contribution in [0, 0.1) is 5.82 Å². The Labute approximate surface area is 388 Å². The van der Waals surface area contributed by atoms with Crippen molar-refractivity contribution in [3.63, 3.8) is 0 Å². The molecule has 66 heavy (non-hydrogen) atoms. The highest BCUT2D eigenvalue weighted by Gasteiger charge is 2.40. The summed E-state index contributed by atoms with van der Waals surface area (Å²) in [4.78, 5) is 80.5. The first-order chi connectivity index (χ1) is 32.0. The molecule has 1 aromatic heterocycles. The van der Waals surface area contributed by atoms with Crippen molar-refractivity contribution in [1.82, 2.24) is 34.9 Å². The van der Waals surface area contributed by atoms with Crippen LogP contribution < -0.4 is 26.0 Å². The Balaban J connectivity index is 0.701. The number of hydrogen-bond donors (Lipinski definition) is 4. The van der Waals surface area contributed by atoms with Crippen LogP contribution in [0.1, 0.15) is 73.7 Å². The number of ether oxygens (including phenoxy) is 1. The van der Waals surface area contributed by atoms with Crippen molar-refractivity contribution in [3.05, 3.63) is 89.0 Å². The van der Waals surface area contributed by atoms with Crippen LogP contribution in [-0.2, 0) is 25.7 Å². The SMILES string of the molecule is COc1cc2ncnc(Nc3ccc(F)c(Cl)c3)c2cc1NC(=O)/C=C/CN1CCC(N2CCN(C(=O)CCCCCCNc3cccc4c3CN(C3CCC(=O)NC3=O)C4=O)CC2)CC1. The molecule has 3 saturated heterocycles. The number of aromatic nitrogens is 2. The normalized spacial score (nSPS) is 18.5. The van der Waals surface area contributed by atoms with E-state index < -0.39 is 17.8 Å². The van der Waals surface area contributed by atoms with Crippen molar-refractivity contribution >= 4 is 74.9 Å². The molecule has 1 unspecified atom stereocenters. The molecule has 4 N–H and O–H groups in total. The van der Waals surface area contributed by atoms with Gasteiger partial charge in [-0.1, -0.05) is 36.6 Å². The fourth-order valence-corrected chi connectivity index (χ4v) is 9.52. The number of amides is 5. The lowest BCUT2D eigenvalue weighted by Crippen LogP contribution is -2.54. The van der Waals surface area contributed by atoms with Crippen LogP contribution in [0.3, 0.4) is 0 Å². The second kappa shape index (κ2) is 21.4. The number of fused-ring (bicyclic) bond motifs is 2. The third kappa shape index (κ3) is 11.1. The summed E-state index contributed by atoms with van der Waals surface area (Å²) in [6.45, 7) is 6.85. The number of piperidine rings is 2. The molecule has 0 saturated carbocycles. The molecular weight excluding hydrogens is 867 g/mol. The van der Waals surface area contributed by atoms with Crippen LogP contribution >= 0.6 is 11.6 Å². The zero-order chi connectivity index (χ0) is 46.2. The van der Waals surface area contributed by atoms with Crippen LogP contribution in [-0.4, -0.2) is 131 Å². The number of benzene rings is 3. The molecule has 0 aliphatic carbocycles. The number of halogens is 2. The van der Waals surface area contributed by atoms with Gasteiger partial charge in [0, 0.05) is 105 Å². The zero-order valence-corrected chi connectivity index (χ0v) is 37.9. The minimum absolute atomic E-state index is 0.0186. The van der Waals surface area contributed by atoms with Gasteiger partial charge in [0.25, 0.3) is 5.91 Å². The average Bonchev–Trinajstić information content (AvgIpc) is 3.66. The summed E-state index contributed by atoms with van der Waals surface area (Å²) in [5, 5.41) is 12.5. The third-order valence-corrected chi connectivity index (χ3v) is 13.3. The first kappa shape index (κ1) is 46.4. The van der Waals surface area contributed by atoms with Gasteiger partial charge in [-0.3, -0.25) is 39.1 Å². The van der Waals surface area contributed by atoms with Gasteiger partial charge in [0.15, 0.2) is 0 Å². The summed E-state index contributed by atoms with van der Waals surface area (Å²) in [7, 11) is 1.52. The van der Waals surface area contributed by atoms with E-state index in [1.165, 1.54) is 31.6 Å². The van der Waals surface area contributed by atoms with E-state index in [0.29, 0.717) is 71.4 Å². The Morgan fingerprint density at radius 2 is 1.74 bits per heavy atom. The number of nitrogens with one attached hydrogen (secondary N) is 4. The second-order valence-corrected chi connectivity index (χ2v) is 17.6. The van der Waals surface area contributed by atoms with E-state index in [1.54, 1.807) is 29.2 Å². The summed E-state index contributed by atoms with van der Waals surface area (Å²) in [6, 6.07) is 13.2. The van der Waals surface area contributed by atoms with E-state index in [2.05, 4.69) is 41.0 Å². The van der Waals surface area contributed by atoms with Gasteiger partial charge >= 0.3 is 0 Å². The van der Waals surface area contributed by atoms with E-state index >= 15 is 0 Å².